The average molecular weight is 745 g/mol. The number of ether oxygens (including phenoxy) is 1. The standard InChI is InChI=1S/C46H59Cl2NO3/c1-41(2)24-26-46(40(51)52-29-30-12-9-8-10-13-30)27-25-44(6)32(33(46)28-41)17-18-36-43(5)22-21-37(42(3,4)35(43)20-23-45(36,44)7)49-38(50)19-16-31-14-11-15-34(47)39(31)48/h8-17,19,33,35-37H,18,20-29H2,1-7H3,(H,49,50)/b19-16+/t33?,35?,36?,37-,43+,44-,45-,46+/m1/s1. The molecule has 52 heavy (non-hydrogen) atoms. The molecule has 0 saturated heterocycles. The van der Waals surface area contributed by atoms with Crippen LogP contribution in [0, 0.1) is 50.2 Å². The molecule has 0 bridgehead atoms. The van der Waals surface area contributed by atoms with Crippen molar-refractivity contribution in [3.63, 3.8) is 0 Å². The van der Waals surface area contributed by atoms with Crippen LogP contribution in [0.1, 0.15) is 124 Å². The number of hydrogen-bond donors (Lipinski definition) is 1. The van der Waals surface area contributed by atoms with Gasteiger partial charge >= 0.3 is 5.97 Å². The third-order valence-electron chi connectivity index (χ3n) is 16.0. The number of esters is 1. The lowest BCUT2D eigenvalue weighted by Gasteiger charge is -2.71. The van der Waals surface area contributed by atoms with Gasteiger partial charge < -0.3 is 10.1 Å². The molecule has 4 fully saturated rings. The molecule has 280 valence electrons. The molecule has 1 N–H and O–H groups in total. The largest absolute Gasteiger partial charge is 0.460 e. The van der Waals surface area contributed by atoms with E-state index in [1.165, 1.54) is 6.42 Å². The van der Waals surface area contributed by atoms with Crippen molar-refractivity contribution in [2.24, 2.45) is 50.2 Å². The Morgan fingerprint density at radius 1 is 0.846 bits per heavy atom. The summed E-state index contributed by atoms with van der Waals surface area (Å²) in [5, 5.41) is 4.36. The molecular formula is C46H59Cl2NO3. The summed E-state index contributed by atoms with van der Waals surface area (Å²) in [6.07, 6.45) is 16.4. The van der Waals surface area contributed by atoms with Crippen LogP contribution in [0.5, 0.6) is 0 Å². The third-order valence-corrected chi connectivity index (χ3v) is 16.8. The van der Waals surface area contributed by atoms with Crippen molar-refractivity contribution in [2.75, 3.05) is 0 Å². The van der Waals surface area contributed by atoms with Crippen LogP contribution >= 0.6 is 23.2 Å². The van der Waals surface area contributed by atoms with Crippen molar-refractivity contribution >= 4 is 41.2 Å². The number of amides is 1. The highest BCUT2D eigenvalue weighted by atomic mass is 35.5. The normalized spacial score (nSPS) is 37.4. The van der Waals surface area contributed by atoms with E-state index in [2.05, 4.69) is 59.9 Å². The Morgan fingerprint density at radius 2 is 1.58 bits per heavy atom. The van der Waals surface area contributed by atoms with Crippen LogP contribution in [0.15, 0.2) is 66.3 Å². The van der Waals surface area contributed by atoms with Gasteiger partial charge in [0.1, 0.15) is 6.61 Å². The minimum atomic E-state index is -0.440. The first-order valence-corrected chi connectivity index (χ1v) is 20.6. The number of allylic oxidation sites excluding steroid dienone is 2. The lowest BCUT2D eigenvalue weighted by Crippen LogP contribution is -2.66. The second-order valence-corrected chi connectivity index (χ2v) is 20.1. The summed E-state index contributed by atoms with van der Waals surface area (Å²) in [6.45, 7) is 17.7. The van der Waals surface area contributed by atoms with Gasteiger partial charge in [0.25, 0.3) is 0 Å². The zero-order valence-electron chi connectivity index (χ0n) is 32.4. The molecule has 2 aromatic carbocycles. The molecule has 0 spiro atoms. The van der Waals surface area contributed by atoms with E-state index in [1.54, 1.807) is 23.8 Å². The fourth-order valence-electron chi connectivity index (χ4n) is 12.8. The zero-order chi connectivity index (χ0) is 37.3. The first-order valence-electron chi connectivity index (χ1n) is 19.8. The van der Waals surface area contributed by atoms with Crippen LogP contribution in [-0.4, -0.2) is 17.9 Å². The maximum Gasteiger partial charge on any atom is 0.313 e. The van der Waals surface area contributed by atoms with Crippen molar-refractivity contribution in [3.05, 3.63) is 87.4 Å². The molecule has 0 aromatic heterocycles. The van der Waals surface area contributed by atoms with Crippen molar-refractivity contribution < 1.29 is 14.3 Å². The van der Waals surface area contributed by atoms with Crippen molar-refractivity contribution in [3.8, 4) is 0 Å². The number of carbonyl (C=O) groups is 2. The minimum Gasteiger partial charge on any atom is -0.460 e. The molecule has 1 amide bonds. The lowest BCUT2D eigenvalue weighted by molar-refractivity contribution is -0.194. The Kier molecular flexibility index (Phi) is 9.67. The van der Waals surface area contributed by atoms with Gasteiger partial charge in [-0.2, -0.15) is 0 Å². The van der Waals surface area contributed by atoms with E-state index in [1.807, 2.05) is 42.5 Å². The highest BCUT2D eigenvalue weighted by Crippen LogP contribution is 2.75. The van der Waals surface area contributed by atoms with E-state index in [4.69, 9.17) is 27.9 Å². The maximum atomic E-state index is 14.3. The van der Waals surface area contributed by atoms with Crippen LogP contribution in [0.2, 0.25) is 10.0 Å². The molecular weight excluding hydrogens is 685 g/mol. The molecule has 8 atom stereocenters. The van der Waals surface area contributed by atoms with Gasteiger partial charge in [-0.3, -0.25) is 9.59 Å². The molecule has 2 aromatic rings. The number of fused-ring (bicyclic) bond motifs is 7. The van der Waals surface area contributed by atoms with Crippen LogP contribution in [0.25, 0.3) is 6.08 Å². The van der Waals surface area contributed by atoms with Crippen LogP contribution < -0.4 is 5.32 Å². The molecule has 7 rings (SSSR count). The Morgan fingerprint density at radius 3 is 2.33 bits per heavy atom. The van der Waals surface area contributed by atoms with Gasteiger partial charge in [0.05, 0.1) is 15.5 Å². The van der Waals surface area contributed by atoms with Gasteiger partial charge in [0, 0.05) is 12.1 Å². The number of carbonyl (C=O) groups excluding carboxylic acids is 2. The molecule has 6 heteroatoms. The maximum absolute atomic E-state index is 14.3. The number of halogens is 2. The SMILES string of the molecule is CC1(C)CC[C@]2(C(=O)OCc3ccccc3)CC[C@]3(C)C(=CCC4[C@@]5(C)CC[C@@H](NC(=O)/C=C/c6cccc(Cl)c6Cl)C(C)(C)C5CC[C@]43C)C2C1. The Labute approximate surface area is 322 Å². The Bertz CT molecular complexity index is 1780. The molecule has 4 nitrogen and oxygen atoms in total. The quantitative estimate of drug-likeness (QED) is 0.182. The second kappa shape index (κ2) is 13.3. The van der Waals surface area contributed by atoms with Gasteiger partial charge in [-0.1, -0.05) is 126 Å². The van der Waals surface area contributed by atoms with Gasteiger partial charge in [-0.15, -0.1) is 0 Å². The van der Waals surface area contributed by atoms with Crippen LogP contribution in [-0.2, 0) is 20.9 Å². The Hall–Kier alpha value is -2.56. The van der Waals surface area contributed by atoms with Crippen LogP contribution in [0.4, 0.5) is 0 Å². The van der Waals surface area contributed by atoms with Crippen molar-refractivity contribution in [1.29, 1.82) is 0 Å². The minimum absolute atomic E-state index is 0.0235. The van der Waals surface area contributed by atoms with Crippen molar-refractivity contribution in [2.45, 2.75) is 125 Å². The summed E-state index contributed by atoms with van der Waals surface area (Å²) in [7, 11) is 0. The smallest absolute Gasteiger partial charge is 0.313 e. The summed E-state index contributed by atoms with van der Waals surface area (Å²) >= 11 is 12.6. The lowest BCUT2D eigenvalue weighted by atomic mass is 9.33. The summed E-state index contributed by atoms with van der Waals surface area (Å²) in [4.78, 5) is 27.7. The summed E-state index contributed by atoms with van der Waals surface area (Å²) in [5.41, 5.74) is 3.37. The topological polar surface area (TPSA) is 55.4 Å². The fraction of sp³-hybridized carbons (Fsp3) is 0.609. The van der Waals surface area contributed by atoms with Crippen LogP contribution in [0.3, 0.4) is 0 Å². The molecule has 3 unspecified atom stereocenters. The van der Waals surface area contributed by atoms with Gasteiger partial charge in [0.2, 0.25) is 5.91 Å². The number of nitrogens with one attached hydrogen (secondary N) is 1. The van der Waals surface area contributed by atoms with E-state index in [-0.39, 0.29) is 50.9 Å². The summed E-state index contributed by atoms with van der Waals surface area (Å²) in [6, 6.07) is 15.7. The predicted octanol–water partition coefficient (Wildman–Crippen LogP) is 12.0. The predicted molar refractivity (Wildman–Crippen MR) is 213 cm³/mol. The first kappa shape index (κ1) is 37.7. The molecule has 0 radical (unpaired) electrons. The second-order valence-electron chi connectivity index (χ2n) is 19.3. The monoisotopic (exact) mass is 743 g/mol. The average Bonchev–Trinajstić information content (AvgIpc) is 3.09. The van der Waals surface area contributed by atoms with Crippen molar-refractivity contribution in [1.82, 2.24) is 5.32 Å². The van der Waals surface area contributed by atoms with E-state index in [0.29, 0.717) is 28.5 Å². The molecule has 4 saturated carbocycles. The van der Waals surface area contributed by atoms with E-state index >= 15 is 0 Å². The van der Waals surface area contributed by atoms with Gasteiger partial charge in [-0.05, 0) is 132 Å². The molecule has 5 aliphatic carbocycles. The van der Waals surface area contributed by atoms with E-state index in [9.17, 15) is 9.59 Å². The fourth-order valence-corrected chi connectivity index (χ4v) is 13.1. The molecule has 0 heterocycles. The number of rotatable bonds is 6. The Balaban J connectivity index is 1.13. The number of hydrogen-bond acceptors (Lipinski definition) is 3. The molecule has 5 aliphatic rings. The van der Waals surface area contributed by atoms with Gasteiger partial charge in [-0.25, -0.2) is 0 Å². The highest BCUT2D eigenvalue weighted by Gasteiger charge is 2.69. The number of benzene rings is 2. The van der Waals surface area contributed by atoms with Gasteiger partial charge in [0.15, 0.2) is 0 Å². The third kappa shape index (κ3) is 6.01. The zero-order valence-corrected chi connectivity index (χ0v) is 33.9. The van der Waals surface area contributed by atoms with E-state index < -0.39 is 5.41 Å². The first-order chi connectivity index (χ1) is 24.5. The molecule has 0 aliphatic heterocycles. The van der Waals surface area contributed by atoms with E-state index in [0.717, 1.165) is 68.9 Å². The summed E-state index contributed by atoms with van der Waals surface area (Å²) in [5.74, 6) is 1.20. The summed E-state index contributed by atoms with van der Waals surface area (Å²) < 4.78 is 6.22. The highest BCUT2D eigenvalue weighted by molar-refractivity contribution is 6.42.